The second-order valence-electron chi connectivity index (χ2n) is 8.62. The van der Waals surface area contributed by atoms with E-state index < -0.39 is 46.5 Å². The summed E-state index contributed by atoms with van der Waals surface area (Å²) in [6.07, 6.45) is 0.322. The van der Waals surface area contributed by atoms with E-state index in [0.29, 0.717) is 17.8 Å². The van der Waals surface area contributed by atoms with Crippen LogP contribution in [0.1, 0.15) is 34.3 Å². The van der Waals surface area contributed by atoms with Gasteiger partial charge in [-0.15, -0.1) is 0 Å². The first-order valence-corrected chi connectivity index (χ1v) is 10.8. The van der Waals surface area contributed by atoms with E-state index in [2.05, 4.69) is 22.5 Å². The largest absolute Gasteiger partial charge is 0.352 e. The van der Waals surface area contributed by atoms with Crippen molar-refractivity contribution in [3.63, 3.8) is 0 Å². The standard InChI is InChI=1S/C24H22F4N4O3/c1-13-11-16(4-6-18(13)25)30-20(33)15-3-5-19(26)17(12-15)24(27,28)21(34)32-9-7-23(8-10-32)14(2)29-22(35)31-23/h3-6,11-12H,2,7-10H2,1H3,(H,30,33)(H2,29,31,35). The molecule has 11 heteroatoms. The molecule has 3 N–H and O–H groups in total. The lowest BCUT2D eigenvalue weighted by atomic mass is 9.85. The second kappa shape index (κ2) is 8.71. The summed E-state index contributed by atoms with van der Waals surface area (Å²) in [7, 11) is 0. The molecule has 4 amide bonds. The van der Waals surface area contributed by atoms with Crippen LogP contribution < -0.4 is 16.0 Å². The first-order valence-electron chi connectivity index (χ1n) is 10.8. The first kappa shape index (κ1) is 24.2. The number of nitrogens with one attached hydrogen (secondary N) is 3. The highest BCUT2D eigenvalue weighted by molar-refractivity contribution is 6.04. The Labute approximate surface area is 198 Å². The van der Waals surface area contributed by atoms with E-state index in [4.69, 9.17) is 0 Å². The van der Waals surface area contributed by atoms with E-state index in [1.165, 1.54) is 19.1 Å². The Morgan fingerprint density at radius 3 is 2.34 bits per heavy atom. The van der Waals surface area contributed by atoms with Gasteiger partial charge >= 0.3 is 12.0 Å². The molecule has 7 nitrogen and oxygen atoms in total. The Balaban J connectivity index is 1.51. The van der Waals surface area contributed by atoms with Crippen molar-refractivity contribution in [1.29, 1.82) is 0 Å². The van der Waals surface area contributed by atoms with Gasteiger partial charge in [-0.1, -0.05) is 6.58 Å². The highest BCUT2D eigenvalue weighted by atomic mass is 19.3. The molecule has 0 bridgehead atoms. The predicted molar refractivity (Wildman–Crippen MR) is 119 cm³/mol. The van der Waals surface area contributed by atoms with Crippen molar-refractivity contribution in [2.24, 2.45) is 0 Å². The molecule has 2 aliphatic heterocycles. The molecule has 35 heavy (non-hydrogen) atoms. The molecule has 0 radical (unpaired) electrons. The zero-order valence-corrected chi connectivity index (χ0v) is 18.7. The highest BCUT2D eigenvalue weighted by Gasteiger charge is 2.50. The number of alkyl halides is 2. The molecule has 2 aromatic rings. The van der Waals surface area contributed by atoms with Gasteiger partial charge in [0.05, 0.1) is 11.1 Å². The van der Waals surface area contributed by atoms with E-state index in [1.807, 2.05) is 0 Å². The molecule has 184 valence electrons. The van der Waals surface area contributed by atoms with Gasteiger partial charge in [-0.25, -0.2) is 13.6 Å². The molecule has 1 spiro atoms. The molecule has 0 atom stereocenters. The van der Waals surface area contributed by atoms with Gasteiger partial charge < -0.3 is 20.9 Å². The molecule has 2 aromatic carbocycles. The van der Waals surface area contributed by atoms with Crippen LogP contribution >= 0.6 is 0 Å². The quantitative estimate of drug-likeness (QED) is 0.570. The summed E-state index contributed by atoms with van der Waals surface area (Å²) in [5, 5.41) is 7.66. The van der Waals surface area contributed by atoms with Crippen molar-refractivity contribution in [3.8, 4) is 0 Å². The maximum atomic E-state index is 15.2. The van der Waals surface area contributed by atoms with Crippen LogP contribution in [0.5, 0.6) is 0 Å². The molecule has 0 saturated carbocycles. The lowest BCUT2D eigenvalue weighted by molar-refractivity contribution is -0.161. The number of nitrogens with zero attached hydrogens (tertiary/aromatic N) is 1. The van der Waals surface area contributed by atoms with Crippen LogP contribution in [0.15, 0.2) is 48.7 Å². The summed E-state index contributed by atoms with van der Waals surface area (Å²) in [6.45, 7) is 5.04. The third-order valence-electron chi connectivity index (χ3n) is 6.35. The van der Waals surface area contributed by atoms with E-state index in [1.54, 1.807) is 0 Å². The molecule has 0 aliphatic carbocycles. The van der Waals surface area contributed by atoms with Gasteiger partial charge in [0.15, 0.2) is 0 Å². The number of benzene rings is 2. The number of hydrogen-bond acceptors (Lipinski definition) is 3. The van der Waals surface area contributed by atoms with Gasteiger partial charge in [0, 0.05) is 30.0 Å². The molecular weight excluding hydrogens is 468 g/mol. The number of aryl methyl sites for hydroxylation is 1. The Hall–Kier alpha value is -3.89. The number of amides is 4. The topological polar surface area (TPSA) is 90.5 Å². The summed E-state index contributed by atoms with van der Waals surface area (Å²) in [5.74, 6) is -8.51. The summed E-state index contributed by atoms with van der Waals surface area (Å²) in [4.78, 5) is 37.8. The van der Waals surface area contributed by atoms with E-state index in [0.717, 1.165) is 17.0 Å². The molecule has 2 aliphatic rings. The van der Waals surface area contributed by atoms with Gasteiger partial charge in [-0.05, 0) is 61.7 Å². The molecule has 2 heterocycles. The van der Waals surface area contributed by atoms with Crippen molar-refractivity contribution >= 4 is 23.5 Å². The number of carbonyl (C=O) groups excluding carboxylic acids is 3. The fraction of sp³-hybridized carbons (Fsp3) is 0.292. The van der Waals surface area contributed by atoms with E-state index in [9.17, 15) is 23.2 Å². The molecule has 4 rings (SSSR count). The zero-order chi connectivity index (χ0) is 25.5. The molecular formula is C24H22F4N4O3. The summed E-state index contributed by atoms with van der Waals surface area (Å²) < 4.78 is 58.2. The first-order chi connectivity index (χ1) is 16.4. The lowest BCUT2D eigenvalue weighted by Gasteiger charge is -2.40. The van der Waals surface area contributed by atoms with E-state index in [-0.39, 0.29) is 42.7 Å². The van der Waals surface area contributed by atoms with Crippen LogP contribution in [0.25, 0.3) is 0 Å². The van der Waals surface area contributed by atoms with Crippen molar-refractivity contribution in [1.82, 2.24) is 15.5 Å². The lowest BCUT2D eigenvalue weighted by Crippen LogP contribution is -2.55. The summed E-state index contributed by atoms with van der Waals surface area (Å²) in [5.41, 5.74) is -1.47. The van der Waals surface area contributed by atoms with Gasteiger partial charge in [-0.3, -0.25) is 9.59 Å². The predicted octanol–water partition coefficient (Wildman–Crippen LogP) is 3.81. The third kappa shape index (κ3) is 4.45. The maximum absolute atomic E-state index is 15.2. The Kier molecular flexibility index (Phi) is 6.04. The number of piperidine rings is 1. The number of urea groups is 1. The van der Waals surface area contributed by atoms with Crippen LogP contribution in [-0.4, -0.2) is 41.4 Å². The average molecular weight is 490 g/mol. The maximum Gasteiger partial charge on any atom is 0.352 e. The zero-order valence-electron chi connectivity index (χ0n) is 18.7. The normalized spacial score (nSPS) is 17.2. The minimum atomic E-state index is -4.24. The van der Waals surface area contributed by atoms with E-state index >= 15 is 8.78 Å². The number of anilines is 1. The fourth-order valence-electron chi connectivity index (χ4n) is 4.25. The molecule has 0 aromatic heterocycles. The molecule has 2 saturated heterocycles. The molecule has 2 fully saturated rings. The van der Waals surface area contributed by atoms with Crippen LogP contribution in [0.4, 0.5) is 28.0 Å². The Bertz CT molecular complexity index is 1240. The third-order valence-corrected chi connectivity index (χ3v) is 6.35. The minimum Gasteiger partial charge on any atom is -0.337 e. The number of hydrogen-bond donors (Lipinski definition) is 3. The van der Waals surface area contributed by atoms with Crippen molar-refractivity contribution in [2.45, 2.75) is 31.2 Å². The van der Waals surface area contributed by atoms with Crippen LogP contribution in [0.2, 0.25) is 0 Å². The molecule has 0 unspecified atom stereocenters. The van der Waals surface area contributed by atoms with Crippen LogP contribution in [0, 0.1) is 18.6 Å². The van der Waals surface area contributed by atoms with Crippen molar-refractivity contribution < 1.29 is 31.9 Å². The number of carbonyl (C=O) groups is 3. The van der Waals surface area contributed by atoms with Crippen molar-refractivity contribution in [3.05, 3.63) is 77.0 Å². The van der Waals surface area contributed by atoms with Gasteiger partial charge in [-0.2, -0.15) is 8.78 Å². The average Bonchev–Trinajstić information content (AvgIpc) is 3.08. The monoisotopic (exact) mass is 490 g/mol. The second-order valence-corrected chi connectivity index (χ2v) is 8.62. The number of likely N-dealkylation sites (tertiary alicyclic amines) is 1. The van der Waals surface area contributed by atoms with Crippen molar-refractivity contribution in [2.75, 3.05) is 18.4 Å². The number of halogens is 4. The fourth-order valence-corrected chi connectivity index (χ4v) is 4.25. The summed E-state index contributed by atoms with van der Waals surface area (Å²) >= 11 is 0. The summed E-state index contributed by atoms with van der Waals surface area (Å²) in [6, 6.07) is 5.67. The van der Waals surface area contributed by atoms with Crippen LogP contribution in [0.3, 0.4) is 0 Å². The van der Waals surface area contributed by atoms with Gasteiger partial charge in [0.2, 0.25) is 0 Å². The number of rotatable bonds is 4. The minimum absolute atomic E-state index is 0.110. The SMILES string of the molecule is C=C1NC(=O)NC12CCN(C(=O)C(F)(F)c1cc(C(=O)Nc3ccc(F)c(C)c3)ccc1F)CC2. The Morgan fingerprint density at radius 1 is 1.09 bits per heavy atom. The van der Waals surface area contributed by atoms with Gasteiger partial charge in [0.1, 0.15) is 11.6 Å². The highest BCUT2D eigenvalue weighted by Crippen LogP contribution is 2.36. The van der Waals surface area contributed by atoms with Crippen LogP contribution in [-0.2, 0) is 10.7 Å². The Morgan fingerprint density at radius 2 is 1.74 bits per heavy atom. The van der Waals surface area contributed by atoms with Gasteiger partial charge in [0.25, 0.3) is 11.8 Å². The smallest absolute Gasteiger partial charge is 0.337 e.